The second kappa shape index (κ2) is 9.83. The second-order valence-corrected chi connectivity index (χ2v) is 12.0. The van der Waals surface area contributed by atoms with Gasteiger partial charge in [-0.05, 0) is 76.3 Å². The number of hydrogen-bond acceptors (Lipinski definition) is 8. The first kappa shape index (κ1) is 24.9. The summed E-state index contributed by atoms with van der Waals surface area (Å²) in [6.07, 6.45) is 7.16. The highest BCUT2D eigenvalue weighted by Gasteiger charge is 2.45. The summed E-state index contributed by atoms with van der Waals surface area (Å²) in [5, 5.41) is 10.2. The highest BCUT2D eigenvalue weighted by Crippen LogP contribution is 2.42. The first-order chi connectivity index (χ1) is 16.1. The van der Waals surface area contributed by atoms with Crippen LogP contribution in [0.3, 0.4) is 0 Å². The number of para-hydroxylation sites is 1. The number of guanidine groups is 2. The molecule has 5 N–H and O–H groups in total. The van der Waals surface area contributed by atoms with Gasteiger partial charge in [0, 0.05) is 12.6 Å². The van der Waals surface area contributed by atoms with E-state index in [0.717, 1.165) is 57.8 Å². The van der Waals surface area contributed by atoms with Gasteiger partial charge in [0.05, 0.1) is 11.8 Å². The minimum absolute atomic E-state index is 0.0511. The van der Waals surface area contributed by atoms with E-state index in [1.54, 1.807) is 36.1 Å². The highest BCUT2D eigenvalue weighted by atomic mass is 32.2. The van der Waals surface area contributed by atoms with Gasteiger partial charge in [0.2, 0.25) is 21.9 Å². The fourth-order valence-electron chi connectivity index (χ4n) is 5.69. The molecule has 0 radical (unpaired) electrons. The number of rotatable bonds is 6. The number of nitrogens with zero attached hydrogens (tertiary/aromatic N) is 4. The maximum atomic E-state index is 14.2. The standard InChI is InChI=1S/C24H38N6O3S/c1-17-10-12-19(13-11-17)29(16-18(2)31)34(32,33)21-9-5-4-8-20(21)30-23(26)27-22(25)28-24(30)14-6-3-7-15-24/h4-5,8-9,17-19,31H,3,6-7,10-16H2,1-2H3,(H4,25,26,27,28). The van der Waals surface area contributed by atoms with E-state index in [-0.39, 0.29) is 29.4 Å². The van der Waals surface area contributed by atoms with Gasteiger partial charge in [-0.2, -0.15) is 9.30 Å². The molecule has 0 bridgehead atoms. The molecular formula is C24H38N6O3S. The van der Waals surface area contributed by atoms with Gasteiger partial charge in [0.15, 0.2) is 0 Å². The van der Waals surface area contributed by atoms with Crippen LogP contribution in [0.4, 0.5) is 5.69 Å². The average Bonchev–Trinajstić information content (AvgIpc) is 2.78. The predicted octanol–water partition coefficient (Wildman–Crippen LogP) is 2.75. The summed E-state index contributed by atoms with van der Waals surface area (Å²) < 4.78 is 29.9. The number of aliphatic hydroxyl groups is 1. The Bertz CT molecular complexity index is 1040. The smallest absolute Gasteiger partial charge is 0.245 e. The number of benzene rings is 1. The Morgan fingerprint density at radius 2 is 1.79 bits per heavy atom. The molecule has 2 aliphatic carbocycles. The molecule has 3 aliphatic rings. The summed E-state index contributed by atoms with van der Waals surface area (Å²) in [7, 11) is -3.94. The molecule has 1 aliphatic heterocycles. The van der Waals surface area contributed by atoms with Gasteiger partial charge < -0.3 is 16.6 Å². The third-order valence-electron chi connectivity index (χ3n) is 7.38. The van der Waals surface area contributed by atoms with Crippen molar-refractivity contribution >= 4 is 27.6 Å². The first-order valence-corrected chi connectivity index (χ1v) is 13.9. The lowest BCUT2D eigenvalue weighted by Gasteiger charge is -2.46. The van der Waals surface area contributed by atoms with Crippen molar-refractivity contribution in [3.8, 4) is 0 Å². The summed E-state index contributed by atoms with van der Waals surface area (Å²) in [5.41, 5.74) is 12.1. The Morgan fingerprint density at radius 3 is 2.44 bits per heavy atom. The lowest BCUT2D eigenvalue weighted by Crippen LogP contribution is -2.58. The highest BCUT2D eigenvalue weighted by molar-refractivity contribution is 7.89. The molecule has 0 amide bonds. The molecule has 10 heteroatoms. The number of aliphatic imine (C=N–C) groups is 2. The summed E-state index contributed by atoms with van der Waals surface area (Å²) in [5.74, 6) is 0.868. The third-order valence-corrected chi connectivity index (χ3v) is 9.35. The van der Waals surface area contributed by atoms with Crippen molar-refractivity contribution < 1.29 is 13.5 Å². The number of sulfonamides is 1. The first-order valence-electron chi connectivity index (χ1n) is 12.4. The van der Waals surface area contributed by atoms with Crippen molar-refractivity contribution in [3.63, 3.8) is 0 Å². The molecule has 34 heavy (non-hydrogen) atoms. The lowest BCUT2D eigenvalue weighted by molar-refractivity contribution is 0.130. The molecule has 0 saturated heterocycles. The van der Waals surface area contributed by atoms with Crippen LogP contribution in [0.25, 0.3) is 0 Å². The van der Waals surface area contributed by atoms with Gasteiger partial charge in [-0.25, -0.2) is 13.4 Å². The second-order valence-electron chi connectivity index (χ2n) is 10.1. The quantitative estimate of drug-likeness (QED) is 0.561. The SMILES string of the molecule is CC(O)CN(C1CCC(C)CC1)S(=O)(=O)c1ccccc1N1C(N)=NC(N)=NC12CCCCC2. The Labute approximate surface area is 203 Å². The Balaban J connectivity index is 1.79. The van der Waals surface area contributed by atoms with Crippen LogP contribution in [0.1, 0.15) is 71.6 Å². The summed E-state index contributed by atoms with van der Waals surface area (Å²) in [6, 6.07) is 6.78. The number of anilines is 1. The van der Waals surface area contributed by atoms with Crippen molar-refractivity contribution in [1.29, 1.82) is 0 Å². The summed E-state index contributed by atoms with van der Waals surface area (Å²) in [6.45, 7) is 3.88. The van der Waals surface area contributed by atoms with E-state index in [1.165, 1.54) is 4.31 Å². The molecule has 2 saturated carbocycles. The van der Waals surface area contributed by atoms with Crippen molar-refractivity contribution in [2.45, 2.75) is 94.3 Å². The van der Waals surface area contributed by atoms with Gasteiger partial charge in [-0.15, -0.1) is 0 Å². The molecule has 1 unspecified atom stereocenters. The van der Waals surface area contributed by atoms with E-state index in [0.29, 0.717) is 11.6 Å². The van der Waals surface area contributed by atoms with Crippen molar-refractivity contribution in [2.24, 2.45) is 27.4 Å². The average molecular weight is 491 g/mol. The topological polar surface area (TPSA) is 138 Å². The fourth-order valence-corrected chi connectivity index (χ4v) is 7.63. The molecule has 188 valence electrons. The van der Waals surface area contributed by atoms with E-state index >= 15 is 0 Å². The summed E-state index contributed by atoms with van der Waals surface area (Å²) in [4.78, 5) is 10.8. The van der Waals surface area contributed by atoms with E-state index in [2.05, 4.69) is 11.9 Å². The van der Waals surface area contributed by atoms with E-state index in [1.807, 2.05) is 0 Å². The largest absolute Gasteiger partial charge is 0.392 e. The van der Waals surface area contributed by atoms with Crippen LogP contribution in [0.2, 0.25) is 0 Å². The van der Waals surface area contributed by atoms with Crippen LogP contribution in [0.5, 0.6) is 0 Å². The molecule has 4 rings (SSSR count). The van der Waals surface area contributed by atoms with Gasteiger partial charge in [-0.3, -0.25) is 4.90 Å². The zero-order valence-corrected chi connectivity index (χ0v) is 21.0. The van der Waals surface area contributed by atoms with Crippen LogP contribution in [0.15, 0.2) is 39.1 Å². The number of aliphatic hydroxyl groups excluding tert-OH is 1. The minimum Gasteiger partial charge on any atom is -0.392 e. The third kappa shape index (κ3) is 4.81. The maximum Gasteiger partial charge on any atom is 0.245 e. The van der Waals surface area contributed by atoms with Gasteiger partial charge in [0.1, 0.15) is 10.6 Å². The van der Waals surface area contributed by atoms with E-state index in [4.69, 9.17) is 16.5 Å². The number of hydrogen-bond donors (Lipinski definition) is 3. The van der Waals surface area contributed by atoms with Crippen LogP contribution in [-0.2, 0) is 10.0 Å². The zero-order chi connectivity index (χ0) is 24.5. The molecular weight excluding hydrogens is 452 g/mol. The predicted molar refractivity (Wildman–Crippen MR) is 135 cm³/mol. The number of nitrogens with two attached hydrogens (primary N) is 2. The van der Waals surface area contributed by atoms with E-state index in [9.17, 15) is 13.5 Å². The van der Waals surface area contributed by atoms with Crippen molar-refractivity contribution in [2.75, 3.05) is 11.4 Å². The van der Waals surface area contributed by atoms with Crippen molar-refractivity contribution in [1.82, 2.24) is 4.31 Å². The fraction of sp³-hybridized carbons (Fsp3) is 0.667. The minimum atomic E-state index is -3.94. The van der Waals surface area contributed by atoms with Crippen molar-refractivity contribution in [3.05, 3.63) is 24.3 Å². The molecule has 1 atom stereocenters. The molecule has 0 aromatic heterocycles. The Hall–Kier alpha value is -2.17. The Morgan fingerprint density at radius 1 is 1.15 bits per heavy atom. The van der Waals surface area contributed by atoms with Crippen LogP contribution < -0.4 is 16.4 Å². The normalized spacial score (nSPS) is 26.3. The maximum absolute atomic E-state index is 14.2. The molecule has 1 aromatic rings. The molecule has 1 heterocycles. The lowest BCUT2D eigenvalue weighted by atomic mass is 9.87. The van der Waals surface area contributed by atoms with Gasteiger partial charge in [-0.1, -0.05) is 25.5 Å². The summed E-state index contributed by atoms with van der Waals surface area (Å²) >= 11 is 0. The molecule has 1 spiro atoms. The molecule has 9 nitrogen and oxygen atoms in total. The monoisotopic (exact) mass is 490 g/mol. The zero-order valence-electron chi connectivity index (χ0n) is 20.2. The van der Waals surface area contributed by atoms with E-state index < -0.39 is 21.8 Å². The Kier molecular flexibility index (Phi) is 7.21. The van der Waals surface area contributed by atoms with Crippen LogP contribution >= 0.6 is 0 Å². The van der Waals surface area contributed by atoms with Gasteiger partial charge >= 0.3 is 0 Å². The van der Waals surface area contributed by atoms with Gasteiger partial charge in [0.25, 0.3) is 0 Å². The van der Waals surface area contributed by atoms with Crippen LogP contribution in [0, 0.1) is 5.92 Å². The van der Waals surface area contributed by atoms with Crippen LogP contribution in [-0.4, -0.2) is 54.1 Å². The molecule has 2 fully saturated rings. The molecule has 1 aromatic carbocycles.